The third-order valence-corrected chi connectivity index (χ3v) is 2.54. The van der Waals surface area contributed by atoms with E-state index in [1.807, 2.05) is 24.0 Å². The van der Waals surface area contributed by atoms with Gasteiger partial charge in [0.2, 0.25) is 0 Å². The molecule has 0 aliphatic carbocycles. The fourth-order valence-corrected chi connectivity index (χ4v) is 1.84. The van der Waals surface area contributed by atoms with Gasteiger partial charge in [0, 0.05) is 19.3 Å². The van der Waals surface area contributed by atoms with Crippen molar-refractivity contribution in [1.82, 2.24) is 15.1 Å². The third kappa shape index (κ3) is 1.96. The Morgan fingerprint density at radius 2 is 2.57 bits per heavy atom. The van der Waals surface area contributed by atoms with Crippen LogP contribution in [0.1, 0.15) is 31.2 Å². The topological polar surface area (TPSA) is 39.1 Å². The van der Waals surface area contributed by atoms with Crippen LogP contribution in [0.2, 0.25) is 0 Å². The Bertz CT molecular complexity index is 279. The SMILES string of the molecule is CNCc1ccnn1C1CCCCO1. The van der Waals surface area contributed by atoms with Crippen LogP contribution in [0.25, 0.3) is 0 Å². The monoisotopic (exact) mass is 195 g/mol. The molecular weight excluding hydrogens is 178 g/mol. The molecule has 0 spiro atoms. The number of hydrogen-bond acceptors (Lipinski definition) is 3. The number of rotatable bonds is 3. The smallest absolute Gasteiger partial charge is 0.150 e. The molecule has 1 N–H and O–H groups in total. The summed E-state index contributed by atoms with van der Waals surface area (Å²) < 4.78 is 7.68. The minimum absolute atomic E-state index is 0.155. The Labute approximate surface area is 84.3 Å². The van der Waals surface area contributed by atoms with Crippen LogP contribution in [0.5, 0.6) is 0 Å². The summed E-state index contributed by atoms with van der Waals surface area (Å²) in [4.78, 5) is 0. The van der Waals surface area contributed by atoms with Crippen molar-refractivity contribution in [3.05, 3.63) is 18.0 Å². The van der Waals surface area contributed by atoms with E-state index in [9.17, 15) is 0 Å². The molecular formula is C10H17N3O. The molecule has 4 heteroatoms. The van der Waals surface area contributed by atoms with Crippen LogP contribution in [-0.4, -0.2) is 23.4 Å². The van der Waals surface area contributed by atoms with Crippen molar-refractivity contribution in [2.75, 3.05) is 13.7 Å². The minimum Gasteiger partial charge on any atom is -0.357 e. The van der Waals surface area contributed by atoms with E-state index in [2.05, 4.69) is 10.4 Å². The molecule has 1 fully saturated rings. The highest BCUT2D eigenvalue weighted by Crippen LogP contribution is 2.22. The number of nitrogens with one attached hydrogen (secondary N) is 1. The number of nitrogens with zero attached hydrogens (tertiary/aromatic N) is 2. The second-order valence-electron chi connectivity index (χ2n) is 3.62. The summed E-state index contributed by atoms with van der Waals surface area (Å²) in [6.07, 6.45) is 5.49. The molecule has 1 atom stereocenters. The zero-order valence-electron chi connectivity index (χ0n) is 8.57. The lowest BCUT2D eigenvalue weighted by Gasteiger charge is -2.24. The standard InChI is InChI=1S/C10H17N3O/c1-11-8-9-5-6-12-13(9)10-4-2-3-7-14-10/h5-6,10-11H,2-4,7-8H2,1H3. The lowest BCUT2D eigenvalue weighted by molar-refractivity contribution is -0.0412. The highest BCUT2D eigenvalue weighted by atomic mass is 16.5. The van der Waals surface area contributed by atoms with Gasteiger partial charge in [-0.3, -0.25) is 0 Å². The maximum absolute atomic E-state index is 5.68. The van der Waals surface area contributed by atoms with Crippen molar-refractivity contribution in [1.29, 1.82) is 0 Å². The minimum atomic E-state index is 0.155. The second kappa shape index (κ2) is 4.57. The van der Waals surface area contributed by atoms with Crippen LogP contribution < -0.4 is 5.32 Å². The fraction of sp³-hybridized carbons (Fsp3) is 0.700. The second-order valence-corrected chi connectivity index (χ2v) is 3.62. The van der Waals surface area contributed by atoms with Crippen molar-refractivity contribution in [2.45, 2.75) is 32.0 Å². The van der Waals surface area contributed by atoms with Crippen LogP contribution >= 0.6 is 0 Å². The highest BCUT2D eigenvalue weighted by molar-refractivity contribution is 5.00. The first kappa shape index (κ1) is 9.68. The van der Waals surface area contributed by atoms with Crippen LogP contribution in [0.3, 0.4) is 0 Å². The summed E-state index contributed by atoms with van der Waals surface area (Å²) >= 11 is 0. The molecule has 1 aliphatic rings. The van der Waals surface area contributed by atoms with Gasteiger partial charge in [0.25, 0.3) is 0 Å². The van der Waals surface area contributed by atoms with E-state index in [0.717, 1.165) is 19.6 Å². The van der Waals surface area contributed by atoms with E-state index in [0.29, 0.717) is 0 Å². The van der Waals surface area contributed by atoms with Gasteiger partial charge in [0.15, 0.2) is 6.23 Å². The summed E-state index contributed by atoms with van der Waals surface area (Å²) in [6, 6.07) is 2.04. The van der Waals surface area contributed by atoms with Crippen LogP contribution in [-0.2, 0) is 11.3 Å². The lowest BCUT2D eigenvalue weighted by Crippen LogP contribution is -2.22. The van der Waals surface area contributed by atoms with Crippen molar-refractivity contribution in [3.63, 3.8) is 0 Å². The van der Waals surface area contributed by atoms with Gasteiger partial charge in [-0.05, 0) is 32.4 Å². The average Bonchev–Trinajstić information content (AvgIpc) is 2.68. The molecule has 1 aromatic heterocycles. The zero-order valence-corrected chi connectivity index (χ0v) is 8.57. The van der Waals surface area contributed by atoms with E-state index >= 15 is 0 Å². The van der Waals surface area contributed by atoms with Gasteiger partial charge in [-0.25, -0.2) is 4.68 Å². The summed E-state index contributed by atoms with van der Waals surface area (Å²) in [6.45, 7) is 1.71. The molecule has 2 heterocycles. The predicted octanol–water partition coefficient (Wildman–Crippen LogP) is 1.30. The summed E-state index contributed by atoms with van der Waals surface area (Å²) in [5.41, 5.74) is 1.19. The van der Waals surface area contributed by atoms with E-state index in [1.165, 1.54) is 18.5 Å². The third-order valence-electron chi connectivity index (χ3n) is 2.54. The van der Waals surface area contributed by atoms with Gasteiger partial charge >= 0.3 is 0 Å². The Kier molecular flexibility index (Phi) is 3.16. The van der Waals surface area contributed by atoms with E-state index < -0.39 is 0 Å². The first-order valence-electron chi connectivity index (χ1n) is 5.20. The molecule has 4 nitrogen and oxygen atoms in total. The molecule has 1 aromatic rings. The molecule has 14 heavy (non-hydrogen) atoms. The summed E-state index contributed by atoms with van der Waals surface area (Å²) in [5.74, 6) is 0. The van der Waals surface area contributed by atoms with E-state index in [4.69, 9.17) is 4.74 Å². The Balaban J connectivity index is 2.09. The molecule has 2 rings (SSSR count). The van der Waals surface area contributed by atoms with Crippen molar-refractivity contribution in [2.24, 2.45) is 0 Å². The van der Waals surface area contributed by atoms with Gasteiger partial charge < -0.3 is 10.1 Å². The first-order valence-corrected chi connectivity index (χ1v) is 5.20. The normalized spacial score (nSPS) is 22.5. The largest absolute Gasteiger partial charge is 0.357 e. The van der Waals surface area contributed by atoms with E-state index in [1.54, 1.807) is 0 Å². The highest BCUT2D eigenvalue weighted by Gasteiger charge is 2.17. The summed E-state index contributed by atoms with van der Waals surface area (Å²) in [7, 11) is 1.94. The Morgan fingerprint density at radius 3 is 3.29 bits per heavy atom. The van der Waals surface area contributed by atoms with Crippen molar-refractivity contribution < 1.29 is 4.74 Å². The first-order chi connectivity index (χ1) is 6.92. The predicted molar refractivity (Wildman–Crippen MR) is 53.8 cm³/mol. The summed E-state index contributed by atoms with van der Waals surface area (Å²) in [5, 5.41) is 7.44. The Hall–Kier alpha value is -0.870. The van der Waals surface area contributed by atoms with Crippen molar-refractivity contribution in [3.8, 4) is 0 Å². The molecule has 1 unspecified atom stereocenters. The maximum atomic E-state index is 5.68. The molecule has 78 valence electrons. The molecule has 1 saturated heterocycles. The molecule has 0 bridgehead atoms. The van der Waals surface area contributed by atoms with Crippen LogP contribution in [0.15, 0.2) is 12.3 Å². The fourth-order valence-electron chi connectivity index (χ4n) is 1.84. The number of aromatic nitrogens is 2. The number of hydrogen-bond donors (Lipinski definition) is 1. The molecule has 0 amide bonds. The van der Waals surface area contributed by atoms with Gasteiger partial charge in [-0.15, -0.1) is 0 Å². The van der Waals surface area contributed by atoms with Crippen LogP contribution in [0, 0.1) is 0 Å². The quantitative estimate of drug-likeness (QED) is 0.790. The molecule has 0 radical (unpaired) electrons. The van der Waals surface area contributed by atoms with Gasteiger partial charge in [-0.2, -0.15) is 5.10 Å². The zero-order chi connectivity index (χ0) is 9.80. The van der Waals surface area contributed by atoms with Gasteiger partial charge in [0.1, 0.15) is 0 Å². The average molecular weight is 195 g/mol. The Morgan fingerprint density at radius 1 is 1.64 bits per heavy atom. The van der Waals surface area contributed by atoms with Gasteiger partial charge in [-0.1, -0.05) is 0 Å². The molecule has 0 aromatic carbocycles. The van der Waals surface area contributed by atoms with E-state index in [-0.39, 0.29) is 6.23 Å². The molecule has 1 aliphatic heterocycles. The maximum Gasteiger partial charge on any atom is 0.150 e. The van der Waals surface area contributed by atoms with Gasteiger partial charge in [0.05, 0.1) is 5.69 Å². The number of ether oxygens (including phenoxy) is 1. The lowest BCUT2D eigenvalue weighted by atomic mass is 10.2. The molecule has 0 saturated carbocycles. The van der Waals surface area contributed by atoms with Crippen molar-refractivity contribution >= 4 is 0 Å². The van der Waals surface area contributed by atoms with Crippen LogP contribution in [0.4, 0.5) is 0 Å².